The maximum atomic E-state index is 10.0. The van der Waals surface area contributed by atoms with E-state index >= 15 is 0 Å². The monoisotopic (exact) mass is 292 g/mol. The molecular formula is C17H28N2O2. The van der Waals surface area contributed by atoms with Crippen molar-refractivity contribution in [2.75, 3.05) is 20.2 Å². The highest BCUT2D eigenvalue weighted by molar-refractivity contribution is 5.41. The maximum Gasteiger partial charge on any atom is 0.120 e. The van der Waals surface area contributed by atoms with Gasteiger partial charge in [0.1, 0.15) is 11.5 Å². The Morgan fingerprint density at radius 3 is 2.48 bits per heavy atom. The van der Waals surface area contributed by atoms with Gasteiger partial charge in [0.2, 0.25) is 0 Å². The molecule has 0 amide bonds. The van der Waals surface area contributed by atoms with Gasteiger partial charge in [-0.1, -0.05) is 0 Å². The summed E-state index contributed by atoms with van der Waals surface area (Å²) in [6.45, 7) is 8.90. The molecule has 0 radical (unpaired) electrons. The van der Waals surface area contributed by atoms with Crippen LogP contribution in [0.4, 0.5) is 0 Å². The van der Waals surface area contributed by atoms with Gasteiger partial charge in [-0.2, -0.15) is 0 Å². The van der Waals surface area contributed by atoms with Crippen molar-refractivity contribution in [3.05, 3.63) is 23.8 Å². The highest BCUT2D eigenvalue weighted by Gasteiger charge is 2.23. The third-order valence-corrected chi connectivity index (χ3v) is 4.45. The van der Waals surface area contributed by atoms with Crippen LogP contribution in [0.25, 0.3) is 0 Å². The molecule has 1 aliphatic heterocycles. The number of hydrogen-bond acceptors (Lipinski definition) is 4. The van der Waals surface area contributed by atoms with Crippen LogP contribution in [0.2, 0.25) is 0 Å². The molecule has 0 aliphatic carbocycles. The number of phenolic OH excluding ortho intramolecular Hbond substituents is 1. The first-order valence-electron chi connectivity index (χ1n) is 7.88. The summed E-state index contributed by atoms with van der Waals surface area (Å²) in [5, 5.41) is 13.7. The van der Waals surface area contributed by atoms with Gasteiger partial charge < -0.3 is 20.1 Å². The van der Waals surface area contributed by atoms with Crippen molar-refractivity contribution < 1.29 is 9.84 Å². The highest BCUT2D eigenvalue weighted by Crippen LogP contribution is 2.29. The Kier molecular flexibility index (Phi) is 5.48. The van der Waals surface area contributed by atoms with Gasteiger partial charge in [0.15, 0.2) is 0 Å². The molecular weight excluding hydrogens is 264 g/mol. The number of hydrogen-bond donors (Lipinski definition) is 2. The minimum atomic E-state index is 0.121. The Bertz CT molecular complexity index is 454. The zero-order chi connectivity index (χ0) is 15.4. The zero-order valence-corrected chi connectivity index (χ0v) is 13.6. The standard InChI is InChI=1S/C17H28N2O2/c1-12(2)19-9-7-14(8-10-19)18-13(3)16-11-15(21-4)5-6-17(16)20/h5-6,11-14,18,20H,7-10H2,1-4H3. The summed E-state index contributed by atoms with van der Waals surface area (Å²) >= 11 is 0. The van der Waals surface area contributed by atoms with Crippen LogP contribution in [0.15, 0.2) is 18.2 Å². The molecule has 1 aromatic rings. The molecule has 0 aromatic heterocycles. The summed E-state index contributed by atoms with van der Waals surface area (Å²) in [6, 6.07) is 6.67. The van der Waals surface area contributed by atoms with Crippen molar-refractivity contribution >= 4 is 0 Å². The second-order valence-electron chi connectivity index (χ2n) is 6.22. The lowest BCUT2D eigenvalue weighted by molar-refractivity contribution is 0.157. The van der Waals surface area contributed by atoms with Crippen LogP contribution in [-0.2, 0) is 0 Å². The molecule has 21 heavy (non-hydrogen) atoms. The minimum absolute atomic E-state index is 0.121. The van der Waals surface area contributed by atoms with Crippen LogP contribution >= 0.6 is 0 Å². The van der Waals surface area contributed by atoms with Crippen molar-refractivity contribution in [3.63, 3.8) is 0 Å². The van der Waals surface area contributed by atoms with E-state index in [4.69, 9.17) is 4.74 Å². The molecule has 0 saturated carbocycles. The molecule has 1 aliphatic rings. The van der Waals surface area contributed by atoms with Crippen LogP contribution in [0.3, 0.4) is 0 Å². The molecule has 1 fully saturated rings. The molecule has 1 aromatic carbocycles. The summed E-state index contributed by atoms with van der Waals surface area (Å²) in [5.74, 6) is 1.11. The van der Waals surface area contributed by atoms with Crippen LogP contribution < -0.4 is 10.1 Å². The fourth-order valence-corrected chi connectivity index (χ4v) is 3.03. The molecule has 4 nitrogen and oxygen atoms in total. The van der Waals surface area contributed by atoms with Crippen molar-refractivity contribution in [1.29, 1.82) is 0 Å². The number of likely N-dealkylation sites (tertiary alicyclic amines) is 1. The van der Waals surface area contributed by atoms with Gasteiger partial charge in [0.05, 0.1) is 7.11 Å². The Morgan fingerprint density at radius 1 is 1.24 bits per heavy atom. The van der Waals surface area contributed by atoms with Gasteiger partial charge in [-0.25, -0.2) is 0 Å². The van der Waals surface area contributed by atoms with Gasteiger partial charge in [-0.3, -0.25) is 0 Å². The normalized spacial score (nSPS) is 18.9. The summed E-state index contributed by atoms with van der Waals surface area (Å²) in [6.07, 6.45) is 2.32. The fourth-order valence-electron chi connectivity index (χ4n) is 3.03. The van der Waals surface area contributed by atoms with Gasteiger partial charge >= 0.3 is 0 Å². The molecule has 118 valence electrons. The smallest absolute Gasteiger partial charge is 0.120 e. The Hall–Kier alpha value is -1.26. The van der Waals surface area contributed by atoms with Crippen molar-refractivity contribution in [2.45, 2.75) is 51.7 Å². The fraction of sp³-hybridized carbons (Fsp3) is 0.647. The molecule has 2 N–H and O–H groups in total. The molecule has 1 atom stereocenters. The van der Waals surface area contributed by atoms with Crippen LogP contribution in [0.1, 0.15) is 45.2 Å². The van der Waals surface area contributed by atoms with Crippen molar-refractivity contribution in [1.82, 2.24) is 10.2 Å². The van der Waals surface area contributed by atoms with Crippen molar-refractivity contribution in [2.24, 2.45) is 0 Å². The van der Waals surface area contributed by atoms with E-state index in [1.807, 2.05) is 6.07 Å². The molecule has 0 spiro atoms. The number of aromatic hydroxyl groups is 1. The van der Waals surface area contributed by atoms with Crippen LogP contribution in [0, 0.1) is 0 Å². The molecule has 1 saturated heterocycles. The van der Waals surface area contributed by atoms with Gasteiger partial charge in [0, 0.05) is 23.7 Å². The topological polar surface area (TPSA) is 44.7 Å². The highest BCUT2D eigenvalue weighted by atomic mass is 16.5. The average Bonchev–Trinajstić information content (AvgIpc) is 2.48. The van der Waals surface area contributed by atoms with Gasteiger partial charge in [-0.15, -0.1) is 0 Å². The quantitative estimate of drug-likeness (QED) is 0.876. The SMILES string of the molecule is COc1ccc(O)c(C(C)NC2CCN(C(C)C)CC2)c1. The van der Waals surface area contributed by atoms with E-state index in [2.05, 4.69) is 31.0 Å². The minimum Gasteiger partial charge on any atom is -0.508 e. The summed E-state index contributed by atoms with van der Waals surface area (Å²) in [7, 11) is 1.65. The lowest BCUT2D eigenvalue weighted by Gasteiger charge is -2.36. The summed E-state index contributed by atoms with van der Waals surface area (Å²) < 4.78 is 5.24. The van der Waals surface area contributed by atoms with E-state index in [0.29, 0.717) is 17.8 Å². The first-order valence-corrected chi connectivity index (χ1v) is 7.88. The van der Waals surface area contributed by atoms with E-state index in [9.17, 15) is 5.11 Å². The second-order valence-corrected chi connectivity index (χ2v) is 6.22. The Balaban J connectivity index is 1.94. The number of ether oxygens (including phenoxy) is 1. The molecule has 4 heteroatoms. The lowest BCUT2D eigenvalue weighted by atomic mass is 10.00. The zero-order valence-electron chi connectivity index (χ0n) is 13.6. The predicted molar refractivity (Wildman–Crippen MR) is 85.9 cm³/mol. The Labute approximate surface area is 128 Å². The van der Waals surface area contributed by atoms with Crippen LogP contribution in [0.5, 0.6) is 11.5 Å². The first-order chi connectivity index (χ1) is 10.0. The predicted octanol–water partition coefficient (Wildman–Crippen LogP) is 2.92. The van der Waals surface area contributed by atoms with E-state index in [-0.39, 0.29) is 6.04 Å². The van der Waals surface area contributed by atoms with E-state index in [1.165, 1.54) is 0 Å². The van der Waals surface area contributed by atoms with Gasteiger partial charge in [0.25, 0.3) is 0 Å². The van der Waals surface area contributed by atoms with E-state index in [0.717, 1.165) is 37.2 Å². The number of nitrogens with zero attached hydrogens (tertiary/aromatic N) is 1. The summed E-state index contributed by atoms with van der Waals surface area (Å²) in [4.78, 5) is 2.52. The van der Waals surface area contributed by atoms with E-state index < -0.39 is 0 Å². The largest absolute Gasteiger partial charge is 0.508 e. The average molecular weight is 292 g/mol. The third-order valence-electron chi connectivity index (χ3n) is 4.45. The number of rotatable bonds is 5. The molecule has 2 rings (SSSR count). The second kappa shape index (κ2) is 7.14. The molecule has 0 bridgehead atoms. The van der Waals surface area contributed by atoms with Crippen molar-refractivity contribution in [3.8, 4) is 11.5 Å². The third kappa shape index (κ3) is 4.11. The van der Waals surface area contributed by atoms with Crippen LogP contribution in [-0.4, -0.2) is 42.3 Å². The lowest BCUT2D eigenvalue weighted by Crippen LogP contribution is -2.45. The van der Waals surface area contributed by atoms with E-state index in [1.54, 1.807) is 19.2 Å². The molecule has 1 heterocycles. The molecule has 1 unspecified atom stereocenters. The number of methoxy groups -OCH3 is 1. The Morgan fingerprint density at radius 2 is 1.90 bits per heavy atom. The number of nitrogens with one attached hydrogen (secondary N) is 1. The number of benzene rings is 1. The first kappa shape index (κ1) is 16.1. The number of phenols is 1. The maximum absolute atomic E-state index is 10.0. The summed E-state index contributed by atoms with van der Waals surface area (Å²) in [5.41, 5.74) is 0.903. The van der Waals surface area contributed by atoms with Gasteiger partial charge in [-0.05, 0) is 64.9 Å². The number of piperidine rings is 1.